The van der Waals surface area contributed by atoms with Gasteiger partial charge in [-0.25, -0.2) is 0 Å². The van der Waals surface area contributed by atoms with Crippen molar-refractivity contribution in [2.75, 3.05) is 5.73 Å². The monoisotopic (exact) mass is 179 g/mol. The molecule has 1 aromatic carbocycles. The summed E-state index contributed by atoms with van der Waals surface area (Å²) in [5.41, 5.74) is 8.62. The minimum absolute atomic E-state index is 0.375. The Morgan fingerprint density at radius 3 is 2.46 bits per heavy atom. The van der Waals surface area contributed by atoms with Crippen molar-refractivity contribution in [3.8, 4) is 5.75 Å². The Balaban J connectivity index is 3.05. The van der Waals surface area contributed by atoms with Crippen LogP contribution in [0.5, 0.6) is 5.75 Å². The Morgan fingerprint density at radius 1 is 1.23 bits per heavy atom. The lowest BCUT2D eigenvalue weighted by Gasteiger charge is -2.08. The number of hydrogen-bond acceptors (Lipinski definition) is 2. The Bertz CT molecular complexity index is 294. The van der Waals surface area contributed by atoms with Crippen LogP contribution in [0.1, 0.15) is 31.4 Å². The number of benzene rings is 1. The predicted octanol–water partition coefficient (Wildman–Crippen LogP) is 2.49. The number of hydrogen-bond donors (Lipinski definition) is 2. The number of rotatable bonds is 3. The zero-order valence-corrected chi connectivity index (χ0v) is 8.30. The van der Waals surface area contributed by atoms with Crippen LogP contribution in [0.2, 0.25) is 0 Å². The van der Waals surface area contributed by atoms with Crippen LogP contribution >= 0.6 is 0 Å². The van der Waals surface area contributed by atoms with Crippen molar-refractivity contribution >= 4 is 5.69 Å². The van der Waals surface area contributed by atoms with Gasteiger partial charge in [-0.3, -0.25) is 0 Å². The van der Waals surface area contributed by atoms with E-state index in [0.717, 1.165) is 36.1 Å². The quantitative estimate of drug-likeness (QED) is 0.553. The van der Waals surface area contributed by atoms with Gasteiger partial charge >= 0.3 is 0 Å². The first-order valence-corrected chi connectivity index (χ1v) is 4.79. The summed E-state index contributed by atoms with van der Waals surface area (Å²) in [6.45, 7) is 4.11. The minimum Gasteiger partial charge on any atom is -0.508 e. The number of phenols is 1. The molecule has 1 rings (SSSR count). The lowest BCUT2D eigenvalue weighted by atomic mass is 10.0. The van der Waals surface area contributed by atoms with Gasteiger partial charge < -0.3 is 10.8 Å². The lowest BCUT2D eigenvalue weighted by molar-refractivity contribution is 0.468. The van der Waals surface area contributed by atoms with Gasteiger partial charge in [0, 0.05) is 5.69 Å². The largest absolute Gasteiger partial charge is 0.508 e. The molecule has 0 saturated carbocycles. The van der Waals surface area contributed by atoms with Crippen molar-refractivity contribution in [3.05, 3.63) is 23.3 Å². The van der Waals surface area contributed by atoms with Crippen LogP contribution in [0.3, 0.4) is 0 Å². The van der Waals surface area contributed by atoms with Crippen molar-refractivity contribution < 1.29 is 5.11 Å². The van der Waals surface area contributed by atoms with Gasteiger partial charge in [0.05, 0.1) is 0 Å². The van der Waals surface area contributed by atoms with Crippen LogP contribution in [0.4, 0.5) is 5.69 Å². The zero-order chi connectivity index (χ0) is 9.84. The summed E-state index contributed by atoms with van der Waals surface area (Å²) in [5, 5.41) is 9.59. The highest BCUT2D eigenvalue weighted by atomic mass is 16.3. The van der Waals surface area contributed by atoms with Crippen LogP contribution in [-0.2, 0) is 12.8 Å². The molecule has 2 heteroatoms. The van der Waals surface area contributed by atoms with E-state index in [1.165, 1.54) is 0 Å². The average molecular weight is 179 g/mol. The van der Waals surface area contributed by atoms with Gasteiger partial charge in [0.2, 0.25) is 0 Å². The van der Waals surface area contributed by atoms with Crippen LogP contribution in [-0.4, -0.2) is 5.11 Å². The molecule has 0 unspecified atom stereocenters. The molecule has 0 bridgehead atoms. The standard InChI is InChI=1S/C11H17NO/c1-3-5-9-7-11(13)8(4-2)6-10(9)12/h6-7,13H,3-5,12H2,1-2H3. The smallest absolute Gasteiger partial charge is 0.119 e. The summed E-state index contributed by atoms with van der Waals surface area (Å²) in [7, 11) is 0. The molecule has 0 fully saturated rings. The zero-order valence-electron chi connectivity index (χ0n) is 8.30. The van der Waals surface area contributed by atoms with Crippen molar-refractivity contribution in [2.45, 2.75) is 33.1 Å². The molecule has 0 aliphatic carbocycles. The highest BCUT2D eigenvalue weighted by molar-refractivity contribution is 5.54. The maximum absolute atomic E-state index is 9.59. The summed E-state index contributed by atoms with van der Waals surface area (Å²) in [4.78, 5) is 0. The van der Waals surface area contributed by atoms with E-state index in [0.29, 0.717) is 5.75 Å². The normalized spacial score (nSPS) is 10.3. The molecule has 0 heterocycles. The van der Waals surface area contributed by atoms with Crippen molar-refractivity contribution in [2.24, 2.45) is 0 Å². The SMILES string of the molecule is CCCc1cc(O)c(CC)cc1N. The van der Waals surface area contributed by atoms with Gasteiger partial charge in [-0.05, 0) is 36.1 Å². The first-order valence-electron chi connectivity index (χ1n) is 4.79. The van der Waals surface area contributed by atoms with Gasteiger partial charge in [0.15, 0.2) is 0 Å². The molecule has 0 aromatic heterocycles. The number of aryl methyl sites for hydroxylation is 2. The molecule has 0 amide bonds. The second-order valence-corrected chi connectivity index (χ2v) is 3.28. The summed E-state index contributed by atoms with van der Waals surface area (Å²) in [6.07, 6.45) is 2.81. The van der Waals surface area contributed by atoms with E-state index in [1.54, 1.807) is 6.07 Å². The highest BCUT2D eigenvalue weighted by Crippen LogP contribution is 2.25. The summed E-state index contributed by atoms with van der Waals surface area (Å²) >= 11 is 0. The Hall–Kier alpha value is -1.18. The molecule has 0 radical (unpaired) electrons. The maximum atomic E-state index is 9.59. The van der Waals surface area contributed by atoms with E-state index in [2.05, 4.69) is 6.92 Å². The van der Waals surface area contributed by atoms with Gasteiger partial charge in [0.25, 0.3) is 0 Å². The molecule has 0 saturated heterocycles. The van der Waals surface area contributed by atoms with E-state index in [1.807, 2.05) is 13.0 Å². The fourth-order valence-corrected chi connectivity index (χ4v) is 1.46. The van der Waals surface area contributed by atoms with Crippen LogP contribution in [0, 0.1) is 0 Å². The maximum Gasteiger partial charge on any atom is 0.119 e. The molecule has 1 aromatic rings. The highest BCUT2D eigenvalue weighted by Gasteiger charge is 2.04. The summed E-state index contributed by atoms with van der Waals surface area (Å²) in [5.74, 6) is 0.375. The molecule has 2 nitrogen and oxygen atoms in total. The minimum atomic E-state index is 0.375. The second kappa shape index (κ2) is 4.17. The molecule has 0 spiro atoms. The first-order chi connectivity index (χ1) is 6.19. The molecule has 3 N–H and O–H groups in total. The molecule has 0 aliphatic heterocycles. The fourth-order valence-electron chi connectivity index (χ4n) is 1.46. The van der Waals surface area contributed by atoms with Crippen molar-refractivity contribution in [1.82, 2.24) is 0 Å². The van der Waals surface area contributed by atoms with Gasteiger partial charge in [-0.2, -0.15) is 0 Å². The van der Waals surface area contributed by atoms with Crippen LogP contribution < -0.4 is 5.73 Å². The molecule has 0 atom stereocenters. The number of phenolic OH excluding ortho intramolecular Hbond substituents is 1. The molecular formula is C11H17NO. The first kappa shape index (κ1) is 9.90. The third-order valence-corrected chi connectivity index (χ3v) is 2.24. The van der Waals surface area contributed by atoms with E-state index in [-0.39, 0.29) is 0 Å². The summed E-state index contributed by atoms with van der Waals surface area (Å²) in [6, 6.07) is 3.66. The Labute approximate surface area is 79.4 Å². The topological polar surface area (TPSA) is 46.2 Å². The van der Waals surface area contributed by atoms with Gasteiger partial charge in [-0.1, -0.05) is 20.3 Å². The summed E-state index contributed by atoms with van der Waals surface area (Å²) < 4.78 is 0. The van der Waals surface area contributed by atoms with Crippen molar-refractivity contribution in [1.29, 1.82) is 0 Å². The number of nitrogens with two attached hydrogens (primary N) is 1. The molecular weight excluding hydrogens is 162 g/mol. The van der Waals surface area contributed by atoms with Crippen LogP contribution in [0.15, 0.2) is 12.1 Å². The number of anilines is 1. The van der Waals surface area contributed by atoms with E-state index in [4.69, 9.17) is 5.73 Å². The third-order valence-electron chi connectivity index (χ3n) is 2.24. The van der Waals surface area contributed by atoms with E-state index >= 15 is 0 Å². The second-order valence-electron chi connectivity index (χ2n) is 3.28. The molecule has 72 valence electrons. The van der Waals surface area contributed by atoms with Gasteiger partial charge in [0.1, 0.15) is 5.75 Å². The number of aromatic hydroxyl groups is 1. The predicted molar refractivity (Wildman–Crippen MR) is 55.9 cm³/mol. The van der Waals surface area contributed by atoms with E-state index in [9.17, 15) is 5.11 Å². The molecule has 0 aliphatic rings. The molecule has 13 heavy (non-hydrogen) atoms. The average Bonchev–Trinajstić information content (AvgIpc) is 2.11. The lowest BCUT2D eigenvalue weighted by Crippen LogP contribution is -1.96. The Morgan fingerprint density at radius 2 is 1.92 bits per heavy atom. The van der Waals surface area contributed by atoms with Gasteiger partial charge in [-0.15, -0.1) is 0 Å². The van der Waals surface area contributed by atoms with E-state index < -0.39 is 0 Å². The van der Waals surface area contributed by atoms with Crippen molar-refractivity contribution in [3.63, 3.8) is 0 Å². The third kappa shape index (κ3) is 2.14. The fraction of sp³-hybridized carbons (Fsp3) is 0.455. The Kier molecular flexibility index (Phi) is 3.18. The van der Waals surface area contributed by atoms with Crippen LogP contribution in [0.25, 0.3) is 0 Å². The number of nitrogen functional groups attached to an aromatic ring is 1.